The van der Waals surface area contributed by atoms with Gasteiger partial charge in [-0.3, -0.25) is 0 Å². The van der Waals surface area contributed by atoms with Crippen molar-refractivity contribution in [3.05, 3.63) is 58.9 Å². The molecule has 2 aromatic rings. The molecule has 1 aliphatic rings. The predicted octanol–water partition coefficient (Wildman–Crippen LogP) is 8.16. The molecule has 0 saturated carbocycles. The molecular weight excluding hydrogens is 385 g/mol. The van der Waals surface area contributed by atoms with E-state index in [0.29, 0.717) is 36.5 Å². The van der Waals surface area contributed by atoms with Crippen LogP contribution in [0.3, 0.4) is 0 Å². The Labute approximate surface area is 178 Å². The van der Waals surface area contributed by atoms with Gasteiger partial charge in [-0.1, -0.05) is 70.2 Å². The lowest BCUT2D eigenvalue weighted by atomic mass is 9.90. The third-order valence-electron chi connectivity index (χ3n) is 6.29. The number of rotatable bonds is 9. The molecule has 1 nitrogen and oxygen atoms in total. The Morgan fingerprint density at radius 1 is 0.900 bits per heavy atom. The van der Waals surface area contributed by atoms with Crippen LogP contribution in [-0.2, 0) is 11.2 Å². The third kappa shape index (κ3) is 5.46. The van der Waals surface area contributed by atoms with Gasteiger partial charge < -0.3 is 4.74 Å². The zero-order valence-corrected chi connectivity index (χ0v) is 18.2. The van der Waals surface area contributed by atoms with Crippen LogP contribution in [0.15, 0.2) is 30.3 Å². The van der Waals surface area contributed by atoms with Gasteiger partial charge in [0.15, 0.2) is 11.6 Å². The van der Waals surface area contributed by atoms with Crippen molar-refractivity contribution < 1.29 is 17.9 Å². The minimum absolute atomic E-state index is 0.0820. The Morgan fingerprint density at radius 2 is 1.70 bits per heavy atom. The first-order valence-corrected chi connectivity index (χ1v) is 11.4. The van der Waals surface area contributed by atoms with Gasteiger partial charge in [0.25, 0.3) is 0 Å². The van der Waals surface area contributed by atoms with Gasteiger partial charge in [-0.15, -0.1) is 0 Å². The number of aryl methyl sites for hydroxylation is 1. The maximum absolute atomic E-state index is 14.8. The summed E-state index contributed by atoms with van der Waals surface area (Å²) >= 11 is 0. The largest absolute Gasteiger partial charge is 0.373 e. The molecule has 2 aromatic carbocycles. The highest BCUT2D eigenvalue weighted by Crippen LogP contribution is 2.36. The highest BCUT2D eigenvalue weighted by molar-refractivity contribution is 5.65. The summed E-state index contributed by atoms with van der Waals surface area (Å²) in [5.41, 5.74) is 1.26. The quantitative estimate of drug-likeness (QED) is 0.373. The molecule has 0 radical (unpaired) electrons. The van der Waals surface area contributed by atoms with Gasteiger partial charge in [-0.25, -0.2) is 13.2 Å². The van der Waals surface area contributed by atoms with Gasteiger partial charge >= 0.3 is 0 Å². The highest BCUT2D eigenvalue weighted by Gasteiger charge is 2.27. The first-order valence-electron chi connectivity index (χ1n) is 11.4. The molecule has 3 rings (SSSR count). The van der Waals surface area contributed by atoms with Gasteiger partial charge in [-0.05, 0) is 48.8 Å². The van der Waals surface area contributed by atoms with Crippen molar-refractivity contribution >= 4 is 0 Å². The molecule has 164 valence electrons. The van der Waals surface area contributed by atoms with Crippen LogP contribution in [-0.4, -0.2) is 6.61 Å². The van der Waals surface area contributed by atoms with Gasteiger partial charge in [0, 0.05) is 11.1 Å². The standard InChI is InChI=1S/C26H33F3O/c1-3-5-6-7-8-9-18-10-15-24(30-17-18)22-14-13-21(25(28)26(22)29)20-12-11-19(4-2)23(27)16-20/h11-14,16,18,24H,3-10,15,17H2,1-2H3. The van der Waals surface area contributed by atoms with E-state index >= 15 is 0 Å². The smallest absolute Gasteiger partial charge is 0.167 e. The Bertz CT molecular complexity index is 825. The number of halogens is 3. The molecule has 0 bridgehead atoms. The molecule has 1 saturated heterocycles. The zero-order valence-electron chi connectivity index (χ0n) is 18.2. The van der Waals surface area contributed by atoms with Gasteiger partial charge in [-0.2, -0.15) is 0 Å². The number of benzene rings is 2. The molecule has 2 unspecified atom stereocenters. The fourth-order valence-electron chi connectivity index (χ4n) is 4.35. The third-order valence-corrected chi connectivity index (χ3v) is 6.29. The Kier molecular flexibility index (Phi) is 8.38. The van der Waals surface area contributed by atoms with Gasteiger partial charge in [0.2, 0.25) is 0 Å². The van der Waals surface area contributed by atoms with Crippen LogP contribution in [0.2, 0.25) is 0 Å². The predicted molar refractivity (Wildman–Crippen MR) is 116 cm³/mol. The molecule has 0 aromatic heterocycles. The molecular formula is C26H33F3O. The van der Waals surface area contributed by atoms with Crippen molar-refractivity contribution in [3.8, 4) is 11.1 Å². The Morgan fingerprint density at radius 3 is 2.37 bits per heavy atom. The number of ether oxygens (including phenoxy) is 1. The minimum Gasteiger partial charge on any atom is -0.373 e. The average Bonchev–Trinajstić information content (AvgIpc) is 2.76. The van der Waals surface area contributed by atoms with Crippen LogP contribution in [0, 0.1) is 23.4 Å². The average molecular weight is 419 g/mol. The summed E-state index contributed by atoms with van der Waals surface area (Å²) in [6.07, 6.45) is 9.26. The molecule has 30 heavy (non-hydrogen) atoms. The second-order valence-corrected chi connectivity index (χ2v) is 8.46. The van der Waals surface area contributed by atoms with Crippen molar-refractivity contribution in [2.75, 3.05) is 6.61 Å². The molecule has 1 fully saturated rings. The molecule has 0 amide bonds. The first kappa shape index (κ1) is 22.9. The van der Waals surface area contributed by atoms with Crippen molar-refractivity contribution in [2.45, 2.75) is 77.7 Å². The van der Waals surface area contributed by atoms with E-state index in [-0.39, 0.29) is 11.1 Å². The summed E-state index contributed by atoms with van der Waals surface area (Å²) in [6, 6.07) is 7.68. The summed E-state index contributed by atoms with van der Waals surface area (Å²) < 4.78 is 49.7. The fourth-order valence-corrected chi connectivity index (χ4v) is 4.35. The maximum Gasteiger partial charge on any atom is 0.167 e. The van der Waals surface area contributed by atoms with E-state index in [9.17, 15) is 13.2 Å². The molecule has 1 heterocycles. The van der Waals surface area contributed by atoms with Crippen LogP contribution in [0.5, 0.6) is 0 Å². The number of hydrogen-bond acceptors (Lipinski definition) is 1. The maximum atomic E-state index is 14.8. The van der Waals surface area contributed by atoms with Gasteiger partial charge in [0.05, 0.1) is 12.7 Å². The SMILES string of the molecule is CCCCCCCC1CCC(c2ccc(-c3ccc(CC)c(F)c3)c(F)c2F)OC1. The van der Waals surface area contributed by atoms with E-state index < -0.39 is 23.6 Å². The van der Waals surface area contributed by atoms with E-state index in [0.717, 1.165) is 12.8 Å². The monoisotopic (exact) mass is 418 g/mol. The molecule has 0 aliphatic carbocycles. The van der Waals surface area contributed by atoms with Crippen LogP contribution >= 0.6 is 0 Å². The lowest BCUT2D eigenvalue weighted by Gasteiger charge is -2.30. The van der Waals surface area contributed by atoms with Crippen molar-refractivity contribution in [3.63, 3.8) is 0 Å². The van der Waals surface area contributed by atoms with E-state index in [2.05, 4.69) is 6.92 Å². The Balaban J connectivity index is 1.63. The number of unbranched alkanes of at least 4 members (excludes halogenated alkanes) is 4. The highest BCUT2D eigenvalue weighted by atomic mass is 19.2. The summed E-state index contributed by atoms with van der Waals surface area (Å²) in [4.78, 5) is 0. The van der Waals surface area contributed by atoms with Crippen LogP contribution in [0.1, 0.15) is 82.4 Å². The van der Waals surface area contributed by atoms with E-state index in [1.54, 1.807) is 18.2 Å². The Hall–Kier alpha value is -1.81. The lowest BCUT2D eigenvalue weighted by Crippen LogP contribution is -2.21. The lowest BCUT2D eigenvalue weighted by molar-refractivity contribution is -0.0218. The van der Waals surface area contributed by atoms with Crippen LogP contribution < -0.4 is 0 Å². The molecule has 0 N–H and O–H groups in total. The van der Waals surface area contributed by atoms with Crippen molar-refractivity contribution in [1.82, 2.24) is 0 Å². The normalized spacial score (nSPS) is 19.2. The van der Waals surface area contributed by atoms with Crippen LogP contribution in [0.25, 0.3) is 11.1 Å². The summed E-state index contributed by atoms with van der Waals surface area (Å²) in [6.45, 7) is 4.67. The zero-order chi connectivity index (χ0) is 21.5. The first-order chi connectivity index (χ1) is 14.5. The van der Waals surface area contributed by atoms with E-state index in [1.807, 2.05) is 6.92 Å². The topological polar surface area (TPSA) is 9.23 Å². The molecule has 0 spiro atoms. The van der Waals surface area contributed by atoms with Crippen molar-refractivity contribution in [2.24, 2.45) is 5.92 Å². The second-order valence-electron chi connectivity index (χ2n) is 8.46. The molecule has 1 aliphatic heterocycles. The van der Waals surface area contributed by atoms with E-state index in [4.69, 9.17) is 4.74 Å². The second kappa shape index (κ2) is 11.0. The molecule has 4 heteroatoms. The van der Waals surface area contributed by atoms with Crippen LogP contribution in [0.4, 0.5) is 13.2 Å². The van der Waals surface area contributed by atoms with Gasteiger partial charge in [0.1, 0.15) is 5.82 Å². The molecule has 2 atom stereocenters. The minimum atomic E-state index is -0.933. The summed E-state index contributed by atoms with van der Waals surface area (Å²) in [5.74, 6) is -1.70. The van der Waals surface area contributed by atoms with Crippen molar-refractivity contribution in [1.29, 1.82) is 0 Å². The summed E-state index contributed by atoms with van der Waals surface area (Å²) in [7, 11) is 0. The van der Waals surface area contributed by atoms with E-state index in [1.165, 1.54) is 44.2 Å². The number of hydrogen-bond donors (Lipinski definition) is 0. The summed E-state index contributed by atoms with van der Waals surface area (Å²) in [5, 5.41) is 0. The fraction of sp³-hybridized carbons (Fsp3) is 0.538.